The van der Waals surface area contributed by atoms with E-state index in [-0.39, 0.29) is 6.10 Å². The zero-order valence-corrected chi connectivity index (χ0v) is 23.9. The van der Waals surface area contributed by atoms with Crippen LogP contribution < -0.4 is 9.47 Å². The topological polar surface area (TPSA) is 95.7 Å². The van der Waals surface area contributed by atoms with Crippen LogP contribution in [0.2, 0.25) is 0 Å². The lowest BCUT2D eigenvalue weighted by molar-refractivity contribution is -0.141. The Morgan fingerprint density at radius 2 is 2.05 bits per heavy atom. The minimum Gasteiger partial charge on any atom is -0.485 e. The van der Waals surface area contributed by atoms with Crippen LogP contribution in [0.3, 0.4) is 0 Å². The predicted octanol–water partition coefficient (Wildman–Crippen LogP) is 6.48. The van der Waals surface area contributed by atoms with Gasteiger partial charge in [-0.05, 0) is 85.4 Å². The number of carboxylic acid groups (broad SMARTS) is 1. The standard InChI is InChI=1S/C34H37N3O4/c1-22(33(38)39)15-23-5-6-24-8-10-30(41-31(24)16-23)25-7-9-28(29-18-32(40-2)36-20-27(29)19-35)26(17-25)21-37-14-4-3-11-34(37)12-13-34/h5-7,9,16-18,20,22,30H,3-4,8,10-15,21H2,1-2H3,(H,38,39)/t22?,30-/m0/s1. The van der Waals surface area contributed by atoms with E-state index in [1.54, 1.807) is 20.2 Å². The molecule has 1 saturated carbocycles. The molecule has 2 aliphatic heterocycles. The van der Waals surface area contributed by atoms with E-state index in [1.165, 1.54) is 37.7 Å². The molecule has 0 amide bonds. The zero-order valence-electron chi connectivity index (χ0n) is 23.9. The molecule has 2 atom stereocenters. The number of nitrogens with zero attached hydrogens (tertiary/aromatic N) is 3. The van der Waals surface area contributed by atoms with Crippen molar-refractivity contribution >= 4 is 5.97 Å². The van der Waals surface area contributed by atoms with E-state index in [4.69, 9.17) is 9.47 Å². The normalized spacial score (nSPS) is 20.0. The molecule has 212 valence electrons. The first kappa shape index (κ1) is 27.3. The molecule has 1 spiro atoms. The molecule has 7 nitrogen and oxygen atoms in total. The summed E-state index contributed by atoms with van der Waals surface area (Å²) in [5, 5.41) is 19.3. The molecule has 3 aromatic rings. The Hall–Kier alpha value is -3.89. The molecular formula is C34H37N3O4. The number of aryl methyl sites for hydroxylation is 1. The lowest BCUT2D eigenvalue weighted by atomic mass is 9.90. The van der Waals surface area contributed by atoms with Gasteiger partial charge in [0.1, 0.15) is 17.9 Å². The van der Waals surface area contributed by atoms with Gasteiger partial charge < -0.3 is 14.6 Å². The third-order valence-electron chi connectivity index (χ3n) is 9.22. The van der Waals surface area contributed by atoms with Crippen LogP contribution in [-0.4, -0.2) is 40.2 Å². The Bertz CT molecular complexity index is 1510. The summed E-state index contributed by atoms with van der Waals surface area (Å²) >= 11 is 0. The minimum absolute atomic E-state index is 0.0962. The second-order valence-electron chi connectivity index (χ2n) is 11.9. The van der Waals surface area contributed by atoms with Gasteiger partial charge in [0.15, 0.2) is 0 Å². The number of carboxylic acids is 1. The number of benzene rings is 2. The number of aromatic nitrogens is 1. The number of hydrogen-bond acceptors (Lipinski definition) is 6. The fourth-order valence-electron chi connectivity index (χ4n) is 6.60. The fraction of sp³-hybridized carbons (Fsp3) is 0.441. The predicted molar refractivity (Wildman–Crippen MR) is 156 cm³/mol. The number of rotatable bonds is 8. The van der Waals surface area contributed by atoms with Gasteiger partial charge >= 0.3 is 5.97 Å². The molecule has 2 fully saturated rings. The molecule has 3 heterocycles. The third kappa shape index (κ3) is 5.54. The van der Waals surface area contributed by atoms with Crippen molar-refractivity contribution < 1.29 is 19.4 Å². The van der Waals surface area contributed by atoms with Gasteiger partial charge in [-0.1, -0.05) is 43.7 Å². The average Bonchev–Trinajstić information content (AvgIpc) is 3.77. The van der Waals surface area contributed by atoms with Crippen LogP contribution in [-0.2, 0) is 24.2 Å². The Kier molecular flexibility index (Phi) is 7.44. The summed E-state index contributed by atoms with van der Waals surface area (Å²) in [6.45, 7) is 3.66. The van der Waals surface area contributed by atoms with E-state index in [2.05, 4.69) is 40.2 Å². The van der Waals surface area contributed by atoms with Crippen molar-refractivity contribution in [2.24, 2.45) is 5.92 Å². The highest BCUT2D eigenvalue weighted by Crippen LogP contribution is 2.49. The Labute approximate surface area is 241 Å². The summed E-state index contributed by atoms with van der Waals surface area (Å²) in [5.41, 5.74) is 7.21. The number of likely N-dealkylation sites (tertiary alicyclic amines) is 1. The van der Waals surface area contributed by atoms with Crippen molar-refractivity contribution in [1.82, 2.24) is 9.88 Å². The van der Waals surface area contributed by atoms with E-state index in [1.807, 2.05) is 18.2 Å². The van der Waals surface area contributed by atoms with Gasteiger partial charge in [0.25, 0.3) is 0 Å². The highest BCUT2D eigenvalue weighted by molar-refractivity contribution is 5.74. The molecule has 1 saturated heterocycles. The van der Waals surface area contributed by atoms with Crippen LogP contribution in [0.4, 0.5) is 0 Å². The maximum Gasteiger partial charge on any atom is 0.306 e. The molecule has 1 unspecified atom stereocenters. The van der Waals surface area contributed by atoms with E-state index in [0.717, 1.165) is 59.5 Å². The quantitative estimate of drug-likeness (QED) is 0.342. The molecule has 0 bridgehead atoms. The summed E-state index contributed by atoms with van der Waals surface area (Å²) in [6.07, 6.45) is 10.1. The van der Waals surface area contributed by atoms with Crippen LogP contribution in [0.5, 0.6) is 11.6 Å². The number of aliphatic carboxylic acids is 1. The minimum atomic E-state index is -0.790. The van der Waals surface area contributed by atoms with Crippen LogP contribution in [0, 0.1) is 17.2 Å². The molecule has 3 aliphatic rings. The first-order valence-electron chi connectivity index (χ1n) is 14.7. The largest absolute Gasteiger partial charge is 0.485 e. The molecule has 1 aliphatic carbocycles. The first-order chi connectivity index (χ1) is 19.9. The fourth-order valence-corrected chi connectivity index (χ4v) is 6.60. The van der Waals surface area contributed by atoms with Crippen LogP contribution in [0.25, 0.3) is 11.1 Å². The number of piperidine rings is 1. The number of hydrogen-bond donors (Lipinski definition) is 1. The van der Waals surface area contributed by atoms with E-state index in [0.29, 0.717) is 23.4 Å². The second kappa shape index (κ2) is 11.2. The highest BCUT2D eigenvalue weighted by atomic mass is 16.5. The highest BCUT2D eigenvalue weighted by Gasteiger charge is 2.48. The van der Waals surface area contributed by atoms with E-state index < -0.39 is 11.9 Å². The van der Waals surface area contributed by atoms with Crippen molar-refractivity contribution in [2.75, 3.05) is 13.7 Å². The van der Waals surface area contributed by atoms with Gasteiger partial charge in [-0.3, -0.25) is 9.69 Å². The van der Waals surface area contributed by atoms with Crippen molar-refractivity contribution in [3.63, 3.8) is 0 Å². The van der Waals surface area contributed by atoms with Gasteiger partial charge in [-0.2, -0.15) is 5.26 Å². The maximum absolute atomic E-state index is 11.4. The van der Waals surface area contributed by atoms with Crippen molar-refractivity contribution in [3.8, 4) is 28.8 Å². The maximum atomic E-state index is 11.4. The molecular weight excluding hydrogens is 514 g/mol. The zero-order chi connectivity index (χ0) is 28.6. The molecule has 1 aromatic heterocycles. The van der Waals surface area contributed by atoms with Crippen molar-refractivity contribution in [3.05, 3.63) is 76.5 Å². The molecule has 2 aromatic carbocycles. The lowest BCUT2D eigenvalue weighted by Crippen LogP contribution is -2.40. The molecule has 41 heavy (non-hydrogen) atoms. The van der Waals surface area contributed by atoms with Gasteiger partial charge in [-0.25, -0.2) is 4.98 Å². The van der Waals surface area contributed by atoms with Crippen molar-refractivity contribution in [1.29, 1.82) is 5.26 Å². The molecule has 0 radical (unpaired) electrons. The van der Waals surface area contributed by atoms with Gasteiger partial charge in [-0.15, -0.1) is 0 Å². The SMILES string of the molecule is COc1cc(-c2ccc([C@@H]3CCc4ccc(CC(C)C(=O)O)cc4O3)cc2CN2CCCCC23CC3)c(C#N)cn1. The number of nitriles is 1. The summed E-state index contributed by atoms with van der Waals surface area (Å²) in [4.78, 5) is 18.3. The number of fused-ring (bicyclic) bond motifs is 1. The third-order valence-corrected chi connectivity index (χ3v) is 9.22. The number of carbonyl (C=O) groups is 1. The first-order valence-corrected chi connectivity index (χ1v) is 14.7. The summed E-state index contributed by atoms with van der Waals surface area (Å²) in [5.74, 6) is 0.103. The van der Waals surface area contributed by atoms with Crippen LogP contribution in [0.15, 0.2) is 48.7 Å². The molecule has 7 heteroatoms. The average molecular weight is 552 g/mol. The number of pyridine rings is 1. The monoisotopic (exact) mass is 551 g/mol. The summed E-state index contributed by atoms with van der Waals surface area (Å²) in [6, 6.07) is 16.9. The molecule has 6 rings (SSSR count). The van der Waals surface area contributed by atoms with E-state index in [9.17, 15) is 15.2 Å². The Morgan fingerprint density at radius 3 is 2.80 bits per heavy atom. The van der Waals surface area contributed by atoms with Gasteiger partial charge in [0.05, 0.1) is 18.6 Å². The van der Waals surface area contributed by atoms with Gasteiger partial charge in [0.2, 0.25) is 5.88 Å². The van der Waals surface area contributed by atoms with Gasteiger partial charge in [0, 0.05) is 29.9 Å². The van der Waals surface area contributed by atoms with Crippen LogP contribution in [0.1, 0.15) is 79.4 Å². The summed E-state index contributed by atoms with van der Waals surface area (Å²) in [7, 11) is 1.60. The second-order valence-corrected chi connectivity index (χ2v) is 11.9. The Morgan fingerprint density at radius 1 is 1.20 bits per heavy atom. The Balaban J connectivity index is 1.34. The summed E-state index contributed by atoms with van der Waals surface area (Å²) < 4.78 is 12.0. The smallest absolute Gasteiger partial charge is 0.306 e. The number of ether oxygens (including phenoxy) is 2. The van der Waals surface area contributed by atoms with Crippen molar-refractivity contribution in [2.45, 2.75) is 76.5 Å². The van der Waals surface area contributed by atoms with Crippen LogP contribution >= 0.6 is 0 Å². The van der Waals surface area contributed by atoms with E-state index >= 15 is 0 Å². The number of methoxy groups -OCH3 is 1. The lowest BCUT2D eigenvalue weighted by Gasteiger charge is -2.37. The molecule has 1 N–H and O–H groups in total.